The van der Waals surface area contributed by atoms with Gasteiger partial charge in [0.1, 0.15) is 0 Å². The first-order valence-corrected chi connectivity index (χ1v) is 8.62. The Bertz CT molecular complexity index is 971. The average molecular weight is 349 g/mol. The van der Waals surface area contributed by atoms with E-state index in [1.807, 2.05) is 42.5 Å². The Morgan fingerprint density at radius 2 is 1.54 bits per heavy atom. The third-order valence-corrected chi connectivity index (χ3v) is 4.69. The number of carbonyl (C=O) groups excluding carboxylic acids is 2. The first-order chi connectivity index (χ1) is 12.6. The zero-order valence-corrected chi connectivity index (χ0v) is 14.5. The number of carbonyl (C=O) groups is 2. The van der Waals surface area contributed by atoms with Gasteiger partial charge in [-0.3, -0.25) is 9.59 Å². The van der Waals surface area contributed by atoms with Crippen LogP contribution in [0.4, 0.5) is 0 Å². The van der Waals surface area contributed by atoms with E-state index in [2.05, 4.69) is 5.16 Å². The van der Waals surface area contributed by atoms with Gasteiger partial charge in [-0.05, 0) is 29.8 Å². The quantitative estimate of drug-likeness (QED) is 0.713. The maximum Gasteiger partial charge on any atom is 0.292 e. The summed E-state index contributed by atoms with van der Waals surface area (Å²) < 4.78 is 5.04. The van der Waals surface area contributed by atoms with E-state index in [1.165, 1.54) is 0 Å². The second-order valence-corrected chi connectivity index (χ2v) is 6.48. The van der Waals surface area contributed by atoms with Gasteiger partial charge < -0.3 is 14.3 Å². The molecule has 0 bridgehead atoms. The summed E-state index contributed by atoms with van der Waals surface area (Å²) in [5, 5.41) is 5.91. The van der Waals surface area contributed by atoms with E-state index in [-0.39, 0.29) is 17.6 Å². The highest BCUT2D eigenvalue weighted by atomic mass is 16.5. The second kappa shape index (κ2) is 6.63. The molecule has 0 unspecified atom stereocenters. The SMILES string of the molecule is Cc1cc(C(=O)N2CCN(C(=O)c3ccc4ccccc4c3)CC2)on1. The Kier molecular flexibility index (Phi) is 4.16. The normalized spacial score (nSPS) is 14.7. The maximum atomic E-state index is 12.8. The minimum Gasteiger partial charge on any atom is -0.351 e. The lowest BCUT2D eigenvalue weighted by molar-refractivity contribution is 0.0513. The van der Waals surface area contributed by atoms with Crippen LogP contribution in [0.3, 0.4) is 0 Å². The molecule has 1 fully saturated rings. The van der Waals surface area contributed by atoms with Gasteiger partial charge in [0.25, 0.3) is 11.8 Å². The number of piperazine rings is 1. The number of hydrogen-bond donors (Lipinski definition) is 0. The topological polar surface area (TPSA) is 66.7 Å². The molecule has 4 rings (SSSR count). The molecule has 1 aromatic heterocycles. The second-order valence-electron chi connectivity index (χ2n) is 6.48. The number of aromatic nitrogens is 1. The van der Waals surface area contributed by atoms with Gasteiger partial charge in [-0.15, -0.1) is 0 Å². The number of amides is 2. The lowest BCUT2D eigenvalue weighted by atomic mass is 10.1. The molecule has 0 saturated carbocycles. The minimum atomic E-state index is -0.177. The van der Waals surface area contributed by atoms with Gasteiger partial charge in [0.15, 0.2) is 0 Å². The van der Waals surface area contributed by atoms with E-state index in [0.29, 0.717) is 37.4 Å². The van der Waals surface area contributed by atoms with Crippen molar-refractivity contribution in [2.24, 2.45) is 0 Å². The smallest absolute Gasteiger partial charge is 0.292 e. The highest BCUT2D eigenvalue weighted by Crippen LogP contribution is 2.18. The van der Waals surface area contributed by atoms with E-state index >= 15 is 0 Å². The van der Waals surface area contributed by atoms with E-state index in [4.69, 9.17) is 4.52 Å². The van der Waals surface area contributed by atoms with Crippen LogP contribution in [0.1, 0.15) is 26.6 Å². The zero-order chi connectivity index (χ0) is 18.1. The molecule has 132 valence electrons. The standard InChI is InChI=1S/C20H19N3O3/c1-14-12-18(26-21-14)20(25)23-10-8-22(9-11-23)19(24)17-7-6-15-4-2-3-5-16(15)13-17/h2-7,12-13H,8-11H2,1H3. The summed E-state index contributed by atoms with van der Waals surface area (Å²) in [5.74, 6) is 0.0681. The van der Waals surface area contributed by atoms with Crippen molar-refractivity contribution >= 4 is 22.6 Å². The van der Waals surface area contributed by atoms with Gasteiger partial charge in [-0.1, -0.05) is 35.5 Å². The predicted octanol–water partition coefficient (Wildman–Crippen LogP) is 2.73. The molecular weight excluding hydrogens is 330 g/mol. The molecular formula is C20H19N3O3. The van der Waals surface area contributed by atoms with Crippen LogP contribution in [0, 0.1) is 6.92 Å². The number of hydrogen-bond acceptors (Lipinski definition) is 4. The van der Waals surface area contributed by atoms with Crippen LogP contribution >= 0.6 is 0 Å². The molecule has 1 aliphatic rings. The van der Waals surface area contributed by atoms with Crippen LogP contribution in [0.15, 0.2) is 53.1 Å². The molecule has 0 atom stereocenters. The number of aryl methyl sites for hydroxylation is 1. The molecule has 0 spiro atoms. The van der Waals surface area contributed by atoms with Crippen molar-refractivity contribution in [1.29, 1.82) is 0 Å². The summed E-state index contributed by atoms with van der Waals surface area (Å²) >= 11 is 0. The first-order valence-electron chi connectivity index (χ1n) is 8.62. The molecule has 0 N–H and O–H groups in total. The molecule has 1 aliphatic heterocycles. The summed E-state index contributed by atoms with van der Waals surface area (Å²) in [5.41, 5.74) is 1.35. The molecule has 26 heavy (non-hydrogen) atoms. The largest absolute Gasteiger partial charge is 0.351 e. The van der Waals surface area contributed by atoms with Gasteiger partial charge in [0.05, 0.1) is 5.69 Å². The van der Waals surface area contributed by atoms with Crippen molar-refractivity contribution < 1.29 is 14.1 Å². The van der Waals surface area contributed by atoms with E-state index in [1.54, 1.807) is 22.8 Å². The first kappa shape index (κ1) is 16.3. The highest BCUT2D eigenvalue weighted by molar-refractivity contribution is 5.99. The van der Waals surface area contributed by atoms with E-state index in [0.717, 1.165) is 10.8 Å². The molecule has 2 heterocycles. The van der Waals surface area contributed by atoms with Crippen LogP contribution in [-0.2, 0) is 0 Å². The average Bonchev–Trinajstić information content (AvgIpc) is 3.13. The highest BCUT2D eigenvalue weighted by Gasteiger charge is 2.27. The lowest BCUT2D eigenvalue weighted by Gasteiger charge is -2.34. The van der Waals surface area contributed by atoms with Gasteiger partial charge in [0.2, 0.25) is 5.76 Å². The fourth-order valence-electron chi connectivity index (χ4n) is 3.24. The zero-order valence-electron chi connectivity index (χ0n) is 14.5. The Hall–Kier alpha value is -3.15. The van der Waals surface area contributed by atoms with Crippen LogP contribution < -0.4 is 0 Å². The number of fused-ring (bicyclic) bond motifs is 1. The molecule has 2 amide bonds. The summed E-state index contributed by atoms with van der Waals surface area (Å²) in [7, 11) is 0. The monoisotopic (exact) mass is 349 g/mol. The van der Waals surface area contributed by atoms with Crippen molar-refractivity contribution in [3.8, 4) is 0 Å². The minimum absolute atomic E-state index is 0.00152. The van der Waals surface area contributed by atoms with Crippen LogP contribution in [0.5, 0.6) is 0 Å². The van der Waals surface area contributed by atoms with E-state index < -0.39 is 0 Å². The lowest BCUT2D eigenvalue weighted by Crippen LogP contribution is -2.50. The molecule has 6 nitrogen and oxygen atoms in total. The summed E-state index contributed by atoms with van der Waals surface area (Å²) in [6.07, 6.45) is 0. The van der Waals surface area contributed by atoms with Crippen molar-refractivity contribution in [3.05, 3.63) is 65.5 Å². The molecule has 1 saturated heterocycles. The molecule has 2 aromatic carbocycles. The van der Waals surface area contributed by atoms with Crippen molar-refractivity contribution in [2.75, 3.05) is 26.2 Å². The third-order valence-electron chi connectivity index (χ3n) is 4.69. The van der Waals surface area contributed by atoms with Crippen LogP contribution in [0.2, 0.25) is 0 Å². The molecule has 0 radical (unpaired) electrons. The van der Waals surface area contributed by atoms with Crippen molar-refractivity contribution in [3.63, 3.8) is 0 Å². The Morgan fingerprint density at radius 3 is 2.19 bits per heavy atom. The molecule has 6 heteroatoms. The van der Waals surface area contributed by atoms with Gasteiger partial charge in [0, 0.05) is 37.8 Å². The summed E-state index contributed by atoms with van der Waals surface area (Å²) in [6.45, 7) is 3.76. The van der Waals surface area contributed by atoms with Gasteiger partial charge in [-0.25, -0.2) is 0 Å². The fraction of sp³-hybridized carbons (Fsp3) is 0.250. The Morgan fingerprint density at radius 1 is 0.885 bits per heavy atom. The van der Waals surface area contributed by atoms with Gasteiger partial charge >= 0.3 is 0 Å². The molecule has 3 aromatic rings. The van der Waals surface area contributed by atoms with Crippen molar-refractivity contribution in [1.82, 2.24) is 15.0 Å². The number of nitrogens with zero attached hydrogens (tertiary/aromatic N) is 3. The maximum absolute atomic E-state index is 12.8. The van der Waals surface area contributed by atoms with Gasteiger partial charge in [-0.2, -0.15) is 0 Å². The predicted molar refractivity (Wildman–Crippen MR) is 97.0 cm³/mol. The Labute approximate surface area is 151 Å². The van der Waals surface area contributed by atoms with Crippen molar-refractivity contribution in [2.45, 2.75) is 6.92 Å². The van der Waals surface area contributed by atoms with Crippen LogP contribution in [0.25, 0.3) is 10.8 Å². The summed E-state index contributed by atoms with van der Waals surface area (Å²) in [4.78, 5) is 28.7. The van der Waals surface area contributed by atoms with Crippen LogP contribution in [-0.4, -0.2) is 52.9 Å². The Balaban J connectivity index is 1.43. The number of rotatable bonds is 2. The van der Waals surface area contributed by atoms with E-state index in [9.17, 15) is 9.59 Å². The fourth-order valence-corrected chi connectivity index (χ4v) is 3.24. The third kappa shape index (κ3) is 3.06. The number of benzene rings is 2. The molecule has 0 aliphatic carbocycles. The summed E-state index contributed by atoms with van der Waals surface area (Å²) in [6, 6.07) is 15.4.